The molecule has 1 amide bonds. The number of carbonyl (C=O) groups is 1. The fraction of sp³-hybridized carbons (Fsp3) is 0.409. The van der Waals surface area contributed by atoms with Crippen LogP contribution >= 0.6 is 11.6 Å². The highest BCUT2D eigenvalue weighted by molar-refractivity contribution is 7.89. The Kier molecular flexibility index (Phi) is 6.78. The Balaban J connectivity index is 1.35. The van der Waals surface area contributed by atoms with E-state index in [2.05, 4.69) is 0 Å². The number of amides is 1. The molecule has 2 aliphatic heterocycles. The van der Waals surface area contributed by atoms with Gasteiger partial charge >= 0.3 is 0 Å². The molecule has 0 spiro atoms. The summed E-state index contributed by atoms with van der Waals surface area (Å²) in [5.41, 5.74) is 0.844. The quantitative estimate of drug-likeness (QED) is 0.654. The van der Waals surface area contributed by atoms with Crippen molar-refractivity contribution >= 4 is 27.5 Å². The van der Waals surface area contributed by atoms with E-state index in [0.717, 1.165) is 12.0 Å². The van der Waals surface area contributed by atoms with Crippen molar-refractivity contribution in [2.45, 2.75) is 18.2 Å². The summed E-state index contributed by atoms with van der Waals surface area (Å²) in [6.07, 6.45) is 0.744. The zero-order chi connectivity index (χ0) is 22.7. The summed E-state index contributed by atoms with van der Waals surface area (Å²) < 4.78 is 44.4. The summed E-state index contributed by atoms with van der Waals surface area (Å²) in [4.78, 5) is 14.3. The summed E-state index contributed by atoms with van der Waals surface area (Å²) in [6.45, 7) is 3.78. The van der Waals surface area contributed by atoms with Crippen LogP contribution < -0.4 is 14.2 Å². The van der Waals surface area contributed by atoms with E-state index in [4.69, 9.17) is 25.8 Å². The van der Waals surface area contributed by atoms with E-state index in [1.54, 1.807) is 29.2 Å². The number of rotatable bonds is 5. The summed E-state index contributed by atoms with van der Waals surface area (Å²) in [6, 6.07) is 9.87. The normalized spacial score (nSPS) is 17.0. The lowest BCUT2D eigenvalue weighted by molar-refractivity contribution is -0.134. The van der Waals surface area contributed by atoms with Crippen molar-refractivity contribution in [3.8, 4) is 17.2 Å². The molecule has 0 saturated carbocycles. The molecule has 0 unspecified atom stereocenters. The van der Waals surface area contributed by atoms with Gasteiger partial charge in [0.1, 0.15) is 5.75 Å². The van der Waals surface area contributed by atoms with Crippen LogP contribution in [0.25, 0.3) is 0 Å². The Morgan fingerprint density at radius 3 is 2.47 bits per heavy atom. The van der Waals surface area contributed by atoms with Crippen LogP contribution in [-0.4, -0.2) is 69.5 Å². The van der Waals surface area contributed by atoms with Crippen LogP contribution in [0.5, 0.6) is 17.2 Å². The molecule has 2 heterocycles. The lowest BCUT2D eigenvalue weighted by atomic mass is 10.2. The van der Waals surface area contributed by atoms with Gasteiger partial charge in [-0.1, -0.05) is 11.6 Å². The van der Waals surface area contributed by atoms with E-state index < -0.39 is 10.0 Å². The number of sulfonamides is 1. The third kappa shape index (κ3) is 4.95. The molecule has 10 heteroatoms. The average molecular weight is 481 g/mol. The zero-order valence-corrected chi connectivity index (χ0v) is 19.3. The number of aryl methyl sites for hydroxylation is 1. The van der Waals surface area contributed by atoms with E-state index in [1.807, 2.05) is 6.92 Å². The molecule has 1 saturated heterocycles. The predicted octanol–water partition coefficient (Wildman–Crippen LogP) is 2.72. The first-order valence-electron chi connectivity index (χ1n) is 10.4. The third-order valence-corrected chi connectivity index (χ3v) is 7.57. The lowest BCUT2D eigenvalue weighted by Gasteiger charge is -2.34. The van der Waals surface area contributed by atoms with Crippen LogP contribution in [0.3, 0.4) is 0 Å². The molecule has 32 heavy (non-hydrogen) atoms. The van der Waals surface area contributed by atoms with Gasteiger partial charge in [-0.05, 0) is 42.8 Å². The number of hydrogen-bond acceptors (Lipinski definition) is 6. The predicted molar refractivity (Wildman–Crippen MR) is 119 cm³/mol. The van der Waals surface area contributed by atoms with Gasteiger partial charge in [-0.15, -0.1) is 0 Å². The van der Waals surface area contributed by atoms with Gasteiger partial charge in [0, 0.05) is 43.7 Å². The zero-order valence-electron chi connectivity index (χ0n) is 17.8. The molecule has 0 aliphatic carbocycles. The number of halogens is 1. The Bertz CT molecular complexity index is 1100. The molecule has 8 nitrogen and oxygen atoms in total. The molecule has 0 aromatic heterocycles. The molecule has 2 aromatic carbocycles. The van der Waals surface area contributed by atoms with Crippen molar-refractivity contribution in [2.75, 3.05) is 46.0 Å². The third-order valence-electron chi connectivity index (χ3n) is 5.44. The Labute approximate surface area is 192 Å². The topological polar surface area (TPSA) is 85.4 Å². The minimum Gasteiger partial charge on any atom is -0.490 e. The maximum absolute atomic E-state index is 13.1. The van der Waals surface area contributed by atoms with E-state index in [-0.39, 0.29) is 30.5 Å². The molecule has 4 rings (SSSR count). The summed E-state index contributed by atoms with van der Waals surface area (Å²) in [5.74, 6) is 1.39. The maximum Gasteiger partial charge on any atom is 0.260 e. The van der Waals surface area contributed by atoms with Gasteiger partial charge in [0.25, 0.3) is 5.91 Å². The highest BCUT2D eigenvalue weighted by Crippen LogP contribution is 2.33. The van der Waals surface area contributed by atoms with Crippen LogP contribution in [-0.2, 0) is 14.8 Å². The second kappa shape index (κ2) is 9.56. The summed E-state index contributed by atoms with van der Waals surface area (Å²) >= 11 is 5.94. The Morgan fingerprint density at radius 1 is 1.03 bits per heavy atom. The van der Waals surface area contributed by atoms with Gasteiger partial charge in [-0.2, -0.15) is 4.31 Å². The molecular formula is C22H25ClN2O6S. The standard InChI is InChI=1S/C22H25ClN2O6S/c1-16-13-17(23)3-5-19(16)31-15-22(26)24-7-9-25(10-8-24)32(27,28)18-4-6-20-21(14-18)30-12-2-11-29-20/h3-6,13-14H,2,7-12,15H2,1H3. The molecule has 0 bridgehead atoms. The van der Waals surface area contributed by atoms with Crippen LogP contribution in [0.15, 0.2) is 41.3 Å². The van der Waals surface area contributed by atoms with E-state index >= 15 is 0 Å². The van der Waals surface area contributed by atoms with Crippen molar-refractivity contribution in [3.63, 3.8) is 0 Å². The minimum atomic E-state index is -3.71. The SMILES string of the molecule is Cc1cc(Cl)ccc1OCC(=O)N1CCN(S(=O)(=O)c2ccc3c(c2)OCCCO3)CC1. The maximum atomic E-state index is 13.1. The highest BCUT2D eigenvalue weighted by atomic mass is 35.5. The van der Waals surface area contributed by atoms with Crippen LogP contribution in [0.1, 0.15) is 12.0 Å². The van der Waals surface area contributed by atoms with Gasteiger partial charge in [-0.25, -0.2) is 8.42 Å². The summed E-state index contributed by atoms with van der Waals surface area (Å²) in [7, 11) is -3.71. The van der Waals surface area contributed by atoms with E-state index in [0.29, 0.717) is 48.6 Å². The van der Waals surface area contributed by atoms with Gasteiger partial charge in [-0.3, -0.25) is 4.79 Å². The molecule has 0 radical (unpaired) electrons. The lowest BCUT2D eigenvalue weighted by Crippen LogP contribution is -2.51. The number of nitrogens with zero attached hydrogens (tertiary/aromatic N) is 2. The first-order chi connectivity index (χ1) is 15.3. The molecule has 0 atom stereocenters. The molecule has 2 aliphatic rings. The average Bonchev–Trinajstić information content (AvgIpc) is 3.03. The molecular weight excluding hydrogens is 456 g/mol. The van der Waals surface area contributed by atoms with Gasteiger partial charge in [0.05, 0.1) is 18.1 Å². The second-order valence-corrected chi connectivity index (χ2v) is 10.0. The van der Waals surface area contributed by atoms with Crippen LogP contribution in [0.4, 0.5) is 0 Å². The minimum absolute atomic E-state index is 0.114. The largest absolute Gasteiger partial charge is 0.490 e. The van der Waals surface area contributed by atoms with Crippen molar-refractivity contribution < 1.29 is 27.4 Å². The smallest absolute Gasteiger partial charge is 0.260 e. The van der Waals surface area contributed by atoms with E-state index in [9.17, 15) is 13.2 Å². The van der Waals surface area contributed by atoms with Gasteiger partial charge in [0.2, 0.25) is 10.0 Å². The number of ether oxygens (including phenoxy) is 3. The molecule has 2 aromatic rings. The Morgan fingerprint density at radius 2 is 1.75 bits per heavy atom. The fourth-order valence-electron chi connectivity index (χ4n) is 3.64. The molecule has 172 valence electrons. The molecule has 1 fully saturated rings. The van der Waals surface area contributed by atoms with Crippen molar-refractivity contribution in [1.82, 2.24) is 9.21 Å². The first-order valence-corrected chi connectivity index (χ1v) is 12.2. The van der Waals surface area contributed by atoms with Crippen LogP contribution in [0, 0.1) is 6.92 Å². The van der Waals surface area contributed by atoms with Crippen molar-refractivity contribution in [1.29, 1.82) is 0 Å². The number of fused-ring (bicyclic) bond motifs is 1. The number of carbonyl (C=O) groups excluding carboxylic acids is 1. The van der Waals surface area contributed by atoms with Gasteiger partial charge < -0.3 is 19.1 Å². The van der Waals surface area contributed by atoms with E-state index in [1.165, 1.54) is 16.4 Å². The molecule has 0 N–H and O–H groups in total. The number of piperazine rings is 1. The number of benzene rings is 2. The number of hydrogen-bond donors (Lipinski definition) is 0. The van der Waals surface area contributed by atoms with Gasteiger partial charge in [0.15, 0.2) is 18.1 Å². The second-order valence-electron chi connectivity index (χ2n) is 7.64. The Hall–Kier alpha value is -2.49. The highest BCUT2D eigenvalue weighted by Gasteiger charge is 2.31. The van der Waals surface area contributed by atoms with Crippen LogP contribution in [0.2, 0.25) is 5.02 Å². The van der Waals surface area contributed by atoms with Crippen molar-refractivity contribution in [3.05, 3.63) is 47.0 Å². The summed E-state index contributed by atoms with van der Waals surface area (Å²) in [5, 5.41) is 0.604. The van der Waals surface area contributed by atoms with Crippen molar-refractivity contribution in [2.24, 2.45) is 0 Å². The fourth-order valence-corrected chi connectivity index (χ4v) is 5.30. The monoisotopic (exact) mass is 480 g/mol. The first kappa shape index (κ1) is 22.7.